The lowest BCUT2D eigenvalue weighted by Crippen LogP contribution is -3.13. The fraction of sp³-hybridized carbons (Fsp3) is 0.318. The summed E-state index contributed by atoms with van der Waals surface area (Å²) in [4.78, 5) is 18.0. The molecule has 4 rings (SSSR count). The molecule has 0 saturated carbocycles. The number of carbonyl (C=O) groups is 1. The average molecular weight is 381 g/mol. The summed E-state index contributed by atoms with van der Waals surface area (Å²) in [5.41, 5.74) is 2.19. The Morgan fingerprint density at radius 3 is 2.70 bits per heavy atom. The van der Waals surface area contributed by atoms with Gasteiger partial charge >= 0.3 is 0 Å². The molecule has 0 radical (unpaired) electrons. The molecule has 1 saturated heterocycles. The number of aromatic nitrogens is 1. The molecule has 1 aliphatic rings. The minimum Gasteiger partial charge on any atom is -0.328 e. The minimum absolute atomic E-state index is 0.168. The number of nitrogens with zero attached hydrogens (tertiary/aromatic N) is 2. The smallest absolute Gasteiger partial charge is 0.270 e. The van der Waals surface area contributed by atoms with Gasteiger partial charge in [-0.15, -0.1) is 11.3 Å². The van der Waals surface area contributed by atoms with Gasteiger partial charge in [-0.3, -0.25) is 4.79 Å². The van der Waals surface area contributed by atoms with Crippen molar-refractivity contribution < 1.29 is 9.69 Å². The molecule has 5 heteroatoms. The largest absolute Gasteiger partial charge is 0.328 e. The SMILES string of the molecule is C/C=C\Cn1c(C(=O)N2CC[NH+](Cc3ccccc3)CC2)cc2ccsc21. The second-order valence-electron chi connectivity index (χ2n) is 7.09. The van der Waals surface area contributed by atoms with Gasteiger partial charge in [0, 0.05) is 17.5 Å². The first kappa shape index (κ1) is 18.0. The molecule has 1 N–H and O–H groups in total. The highest BCUT2D eigenvalue weighted by atomic mass is 32.1. The quantitative estimate of drug-likeness (QED) is 0.678. The predicted octanol–water partition coefficient (Wildman–Crippen LogP) is 2.82. The number of piperazine rings is 1. The van der Waals surface area contributed by atoms with Crippen LogP contribution in [-0.2, 0) is 13.1 Å². The summed E-state index contributed by atoms with van der Waals surface area (Å²) in [6, 6.07) is 14.8. The van der Waals surface area contributed by atoms with E-state index in [-0.39, 0.29) is 5.91 Å². The Morgan fingerprint density at radius 2 is 1.96 bits per heavy atom. The molecule has 27 heavy (non-hydrogen) atoms. The summed E-state index contributed by atoms with van der Waals surface area (Å²) >= 11 is 1.71. The summed E-state index contributed by atoms with van der Waals surface area (Å²) < 4.78 is 2.16. The Balaban J connectivity index is 1.45. The molecular weight excluding hydrogens is 354 g/mol. The number of hydrogen-bond donors (Lipinski definition) is 1. The maximum atomic E-state index is 13.2. The van der Waals surface area contributed by atoms with Gasteiger partial charge in [0.05, 0.1) is 26.2 Å². The molecule has 0 spiro atoms. The molecule has 0 aliphatic carbocycles. The lowest BCUT2D eigenvalue weighted by Gasteiger charge is -2.32. The fourth-order valence-corrected chi connectivity index (χ4v) is 4.70. The molecule has 3 aromatic rings. The van der Waals surface area contributed by atoms with Crippen LogP contribution in [0.25, 0.3) is 10.2 Å². The van der Waals surface area contributed by atoms with Crippen molar-refractivity contribution in [3.05, 3.63) is 71.3 Å². The number of rotatable bonds is 5. The fourth-order valence-electron chi connectivity index (χ4n) is 3.79. The molecular formula is C22H26N3OS+. The molecule has 2 aromatic heterocycles. The number of amides is 1. The lowest BCUT2D eigenvalue weighted by molar-refractivity contribution is -0.917. The molecule has 0 unspecified atom stereocenters. The van der Waals surface area contributed by atoms with Crippen molar-refractivity contribution >= 4 is 27.5 Å². The third-order valence-corrected chi connectivity index (χ3v) is 6.25. The first-order chi connectivity index (χ1) is 13.3. The van der Waals surface area contributed by atoms with Crippen LogP contribution in [0.2, 0.25) is 0 Å². The van der Waals surface area contributed by atoms with Gasteiger partial charge in [-0.05, 0) is 24.4 Å². The predicted molar refractivity (Wildman–Crippen MR) is 111 cm³/mol. The summed E-state index contributed by atoms with van der Waals surface area (Å²) in [5.74, 6) is 0.168. The average Bonchev–Trinajstić information content (AvgIpc) is 3.29. The van der Waals surface area contributed by atoms with Gasteiger partial charge in [0.25, 0.3) is 5.91 Å². The van der Waals surface area contributed by atoms with Crippen molar-refractivity contribution in [2.24, 2.45) is 0 Å². The van der Waals surface area contributed by atoms with E-state index in [1.807, 2.05) is 17.9 Å². The Labute approximate surface area is 164 Å². The van der Waals surface area contributed by atoms with Crippen LogP contribution in [-0.4, -0.2) is 41.6 Å². The van der Waals surface area contributed by atoms with Crippen molar-refractivity contribution in [1.82, 2.24) is 9.47 Å². The van der Waals surface area contributed by atoms with Gasteiger partial charge < -0.3 is 14.4 Å². The maximum Gasteiger partial charge on any atom is 0.270 e. The van der Waals surface area contributed by atoms with Crippen LogP contribution < -0.4 is 4.90 Å². The van der Waals surface area contributed by atoms with Gasteiger partial charge in [0.15, 0.2) is 0 Å². The lowest BCUT2D eigenvalue weighted by atomic mass is 10.2. The van der Waals surface area contributed by atoms with Crippen molar-refractivity contribution in [1.29, 1.82) is 0 Å². The van der Waals surface area contributed by atoms with Crippen molar-refractivity contribution in [2.75, 3.05) is 26.2 Å². The zero-order valence-corrected chi connectivity index (χ0v) is 16.5. The molecule has 140 valence electrons. The van der Waals surface area contributed by atoms with Crippen LogP contribution in [0.5, 0.6) is 0 Å². The highest BCUT2D eigenvalue weighted by Crippen LogP contribution is 2.26. The van der Waals surface area contributed by atoms with Crippen LogP contribution >= 0.6 is 11.3 Å². The highest BCUT2D eigenvalue weighted by molar-refractivity contribution is 7.16. The topological polar surface area (TPSA) is 29.7 Å². The summed E-state index contributed by atoms with van der Waals surface area (Å²) in [6.45, 7) is 7.46. The van der Waals surface area contributed by atoms with Crippen LogP contribution in [0.4, 0.5) is 0 Å². The second-order valence-corrected chi connectivity index (χ2v) is 7.99. The van der Waals surface area contributed by atoms with Gasteiger partial charge in [-0.2, -0.15) is 0 Å². The second kappa shape index (κ2) is 8.11. The number of thiophene rings is 1. The Kier molecular flexibility index (Phi) is 5.41. The summed E-state index contributed by atoms with van der Waals surface area (Å²) in [5, 5.41) is 3.26. The van der Waals surface area contributed by atoms with E-state index in [1.54, 1.807) is 16.2 Å². The van der Waals surface area contributed by atoms with Crippen LogP contribution in [0.1, 0.15) is 23.0 Å². The normalized spacial score (nSPS) is 15.8. The van der Waals surface area contributed by atoms with Crippen molar-refractivity contribution in [3.8, 4) is 0 Å². The Bertz CT molecular complexity index is 933. The number of allylic oxidation sites excluding steroid dienone is 2. The van der Waals surface area contributed by atoms with E-state index < -0.39 is 0 Å². The van der Waals surface area contributed by atoms with E-state index in [9.17, 15) is 4.79 Å². The van der Waals surface area contributed by atoms with Gasteiger partial charge in [-0.1, -0.05) is 42.5 Å². The molecule has 0 atom stereocenters. The number of carbonyl (C=O) groups excluding carboxylic acids is 1. The van der Waals surface area contributed by atoms with E-state index >= 15 is 0 Å². The molecule has 4 nitrogen and oxygen atoms in total. The molecule has 1 amide bonds. The molecule has 1 aliphatic heterocycles. The molecule has 1 aromatic carbocycles. The summed E-state index contributed by atoms with van der Waals surface area (Å²) in [6.07, 6.45) is 4.15. The Hall–Kier alpha value is -2.37. The number of nitrogens with one attached hydrogen (secondary N) is 1. The monoisotopic (exact) mass is 380 g/mol. The van der Waals surface area contributed by atoms with Crippen molar-refractivity contribution in [3.63, 3.8) is 0 Å². The third kappa shape index (κ3) is 3.84. The first-order valence-electron chi connectivity index (χ1n) is 9.61. The first-order valence-corrected chi connectivity index (χ1v) is 10.5. The number of benzene rings is 1. The van der Waals surface area contributed by atoms with E-state index in [0.717, 1.165) is 45.0 Å². The standard InChI is InChI=1S/C22H25N3OS/c1-2-3-10-25-20(16-19-9-15-27-22(19)25)21(26)24-13-11-23(12-14-24)17-18-7-5-4-6-8-18/h2-9,15-16H,10-14,17H2,1H3/p+1/b3-2-. The van der Waals surface area contributed by atoms with E-state index in [1.165, 1.54) is 15.8 Å². The third-order valence-electron chi connectivity index (χ3n) is 5.30. The molecule has 1 fully saturated rings. The van der Waals surface area contributed by atoms with E-state index in [0.29, 0.717) is 0 Å². The van der Waals surface area contributed by atoms with Crippen LogP contribution in [0.15, 0.2) is 60.0 Å². The van der Waals surface area contributed by atoms with E-state index in [4.69, 9.17) is 0 Å². The molecule has 0 bridgehead atoms. The van der Waals surface area contributed by atoms with Gasteiger partial charge in [0.1, 0.15) is 17.1 Å². The van der Waals surface area contributed by atoms with E-state index in [2.05, 4.69) is 58.5 Å². The van der Waals surface area contributed by atoms with Crippen LogP contribution in [0, 0.1) is 0 Å². The van der Waals surface area contributed by atoms with Gasteiger partial charge in [0.2, 0.25) is 0 Å². The van der Waals surface area contributed by atoms with Crippen molar-refractivity contribution in [2.45, 2.75) is 20.0 Å². The minimum atomic E-state index is 0.168. The zero-order chi connectivity index (χ0) is 18.6. The van der Waals surface area contributed by atoms with Gasteiger partial charge in [-0.25, -0.2) is 0 Å². The van der Waals surface area contributed by atoms with Crippen LogP contribution in [0.3, 0.4) is 0 Å². The number of hydrogen-bond acceptors (Lipinski definition) is 2. The molecule has 3 heterocycles. The highest BCUT2D eigenvalue weighted by Gasteiger charge is 2.27. The number of quaternary nitrogens is 1. The maximum absolute atomic E-state index is 13.2. The summed E-state index contributed by atoms with van der Waals surface area (Å²) in [7, 11) is 0. The Morgan fingerprint density at radius 1 is 1.19 bits per heavy atom. The zero-order valence-electron chi connectivity index (χ0n) is 15.7. The number of fused-ring (bicyclic) bond motifs is 1.